The van der Waals surface area contributed by atoms with Gasteiger partial charge in [-0.2, -0.15) is 4.52 Å². The van der Waals surface area contributed by atoms with Crippen molar-refractivity contribution < 1.29 is 9.47 Å². The Morgan fingerprint density at radius 3 is 2.48 bits per heavy atom. The normalized spacial score (nSPS) is 11.1. The van der Waals surface area contributed by atoms with Gasteiger partial charge in [0, 0.05) is 11.8 Å². The number of hydrogen-bond donors (Lipinski definition) is 1. The van der Waals surface area contributed by atoms with Crippen molar-refractivity contribution in [1.82, 2.24) is 14.6 Å². The smallest absolute Gasteiger partial charge is 0.283 e. The number of nitrogens with one attached hydrogen (secondary N) is 1. The van der Waals surface area contributed by atoms with E-state index in [1.54, 1.807) is 19.2 Å². The van der Waals surface area contributed by atoms with E-state index in [1.807, 2.05) is 18.2 Å². The highest BCUT2D eigenvalue weighted by atomic mass is 32.1. The largest absolute Gasteiger partial charge is 0.493 e. The molecule has 2 aromatic heterocycles. The van der Waals surface area contributed by atoms with Crippen molar-refractivity contribution in [2.45, 2.75) is 13.8 Å². The van der Waals surface area contributed by atoms with E-state index >= 15 is 0 Å². The lowest BCUT2D eigenvalue weighted by Gasteiger charge is -2.08. The van der Waals surface area contributed by atoms with Crippen LogP contribution in [0.3, 0.4) is 0 Å². The lowest BCUT2D eigenvalue weighted by molar-refractivity contribution is 0.355. The molecule has 0 aliphatic carbocycles. The quantitative estimate of drug-likeness (QED) is 0.580. The third-order valence-corrected chi connectivity index (χ3v) is 5.28. The molecule has 4 aromatic rings. The summed E-state index contributed by atoms with van der Waals surface area (Å²) < 4.78 is 11.9. The average Bonchev–Trinajstić information content (AvgIpc) is 3.06. The van der Waals surface area contributed by atoms with Crippen LogP contribution in [0.1, 0.15) is 11.1 Å². The van der Waals surface area contributed by atoms with Gasteiger partial charge in [0.05, 0.1) is 25.1 Å². The van der Waals surface area contributed by atoms with Crippen LogP contribution in [0.25, 0.3) is 15.9 Å². The van der Waals surface area contributed by atoms with E-state index in [0.29, 0.717) is 32.5 Å². The molecule has 0 aliphatic heterocycles. The Labute approximate surface area is 159 Å². The van der Waals surface area contributed by atoms with Crippen LogP contribution in [0.5, 0.6) is 11.5 Å². The van der Waals surface area contributed by atoms with Gasteiger partial charge in [-0.3, -0.25) is 4.79 Å². The Morgan fingerprint density at radius 1 is 1.04 bits per heavy atom. The Bertz CT molecular complexity index is 1230. The second-order valence-electron chi connectivity index (χ2n) is 6.17. The summed E-state index contributed by atoms with van der Waals surface area (Å²) in [4.78, 5) is 17.9. The molecule has 0 saturated heterocycles. The van der Waals surface area contributed by atoms with Gasteiger partial charge in [-0.15, -0.1) is 5.10 Å². The number of rotatable bonds is 4. The number of nitrogens with zero attached hydrogens (tertiary/aromatic N) is 3. The summed E-state index contributed by atoms with van der Waals surface area (Å²) in [6.07, 6.45) is 0. The van der Waals surface area contributed by atoms with Gasteiger partial charge in [0.2, 0.25) is 10.1 Å². The summed E-state index contributed by atoms with van der Waals surface area (Å²) in [5.74, 6) is 1.01. The Balaban J connectivity index is 1.83. The van der Waals surface area contributed by atoms with Crippen molar-refractivity contribution in [3.63, 3.8) is 0 Å². The lowest BCUT2D eigenvalue weighted by Crippen LogP contribution is -2.15. The van der Waals surface area contributed by atoms with Crippen LogP contribution in [0, 0.1) is 13.8 Å². The van der Waals surface area contributed by atoms with Gasteiger partial charge in [-0.05, 0) is 43.2 Å². The topological polar surface area (TPSA) is 77.8 Å². The number of aromatic nitrogens is 3. The van der Waals surface area contributed by atoms with E-state index in [9.17, 15) is 4.79 Å². The van der Waals surface area contributed by atoms with Gasteiger partial charge in [0.25, 0.3) is 5.56 Å². The molecule has 0 radical (unpaired) electrons. The molecule has 0 fully saturated rings. The minimum Gasteiger partial charge on any atom is -0.493 e. The van der Waals surface area contributed by atoms with Gasteiger partial charge in [0.15, 0.2) is 11.5 Å². The first kappa shape index (κ1) is 17.3. The summed E-state index contributed by atoms with van der Waals surface area (Å²) in [5.41, 5.74) is 3.61. The Kier molecular flexibility index (Phi) is 4.19. The fraction of sp³-hybridized carbons (Fsp3) is 0.211. The molecule has 138 valence electrons. The molecule has 4 rings (SSSR count). The molecule has 2 aromatic carbocycles. The van der Waals surface area contributed by atoms with Gasteiger partial charge < -0.3 is 14.8 Å². The molecule has 7 nitrogen and oxygen atoms in total. The lowest BCUT2D eigenvalue weighted by atomic mass is 10.1. The second-order valence-corrected chi connectivity index (χ2v) is 7.12. The molecule has 0 spiro atoms. The molecule has 0 amide bonds. The molecular formula is C19H18N4O3S. The van der Waals surface area contributed by atoms with Crippen LogP contribution in [0.2, 0.25) is 0 Å². The fourth-order valence-corrected chi connectivity index (χ4v) is 3.65. The Hall–Kier alpha value is -3.13. The molecule has 0 unspecified atom stereocenters. The first-order chi connectivity index (χ1) is 13.0. The standard InChI is InChI=1S/C19H18N4O3S/c1-10-5-6-12(7-11(10)2)20-18-22-23-17(24)13-8-15(25-3)16(26-4)9-14(13)21-19(23)27-18/h5-9H,1-4H3,(H,20,22). The zero-order valence-corrected chi connectivity index (χ0v) is 16.2. The van der Waals surface area contributed by atoms with E-state index in [4.69, 9.17) is 9.47 Å². The summed E-state index contributed by atoms with van der Waals surface area (Å²) in [6.45, 7) is 4.12. The molecule has 0 saturated carbocycles. The molecular weight excluding hydrogens is 364 g/mol. The number of methoxy groups -OCH3 is 2. The molecule has 27 heavy (non-hydrogen) atoms. The van der Waals surface area contributed by atoms with E-state index in [1.165, 1.54) is 34.1 Å². The van der Waals surface area contributed by atoms with Crippen LogP contribution in [-0.4, -0.2) is 28.8 Å². The number of benzene rings is 2. The van der Waals surface area contributed by atoms with Gasteiger partial charge in [-0.1, -0.05) is 17.4 Å². The molecule has 8 heteroatoms. The van der Waals surface area contributed by atoms with E-state index in [0.717, 1.165) is 5.69 Å². The third kappa shape index (κ3) is 2.97. The zero-order valence-electron chi connectivity index (χ0n) is 15.4. The number of anilines is 2. The maximum atomic E-state index is 12.9. The van der Waals surface area contributed by atoms with Crippen molar-refractivity contribution in [1.29, 1.82) is 0 Å². The van der Waals surface area contributed by atoms with E-state index in [2.05, 4.69) is 29.2 Å². The predicted molar refractivity (Wildman–Crippen MR) is 107 cm³/mol. The first-order valence-electron chi connectivity index (χ1n) is 8.30. The van der Waals surface area contributed by atoms with Gasteiger partial charge >= 0.3 is 0 Å². The van der Waals surface area contributed by atoms with Crippen LogP contribution in [0.4, 0.5) is 10.8 Å². The highest BCUT2D eigenvalue weighted by Crippen LogP contribution is 2.31. The minimum atomic E-state index is -0.250. The maximum absolute atomic E-state index is 12.9. The third-order valence-electron chi connectivity index (χ3n) is 4.46. The molecule has 1 N–H and O–H groups in total. The fourth-order valence-electron chi connectivity index (χ4n) is 2.83. The van der Waals surface area contributed by atoms with Crippen molar-refractivity contribution in [2.75, 3.05) is 19.5 Å². The highest BCUT2D eigenvalue weighted by molar-refractivity contribution is 7.20. The summed E-state index contributed by atoms with van der Waals surface area (Å²) in [7, 11) is 3.08. The van der Waals surface area contributed by atoms with E-state index < -0.39 is 0 Å². The van der Waals surface area contributed by atoms with Crippen molar-refractivity contribution in [3.05, 3.63) is 51.8 Å². The molecule has 0 bridgehead atoms. The van der Waals surface area contributed by atoms with Crippen LogP contribution < -0.4 is 20.3 Å². The monoisotopic (exact) mass is 382 g/mol. The van der Waals surface area contributed by atoms with Crippen molar-refractivity contribution >= 4 is 38.0 Å². The number of fused-ring (bicyclic) bond motifs is 2. The molecule has 0 aliphatic rings. The van der Waals surface area contributed by atoms with Crippen molar-refractivity contribution in [2.24, 2.45) is 0 Å². The average molecular weight is 382 g/mol. The summed E-state index contributed by atoms with van der Waals surface area (Å²) in [5, 5.41) is 8.65. The number of hydrogen-bond acceptors (Lipinski definition) is 7. The number of ether oxygens (including phenoxy) is 2. The van der Waals surface area contributed by atoms with E-state index in [-0.39, 0.29) is 5.56 Å². The zero-order chi connectivity index (χ0) is 19.1. The first-order valence-corrected chi connectivity index (χ1v) is 9.11. The molecule has 0 atom stereocenters. The van der Waals surface area contributed by atoms with Crippen molar-refractivity contribution in [3.8, 4) is 11.5 Å². The highest BCUT2D eigenvalue weighted by Gasteiger charge is 2.15. The van der Waals surface area contributed by atoms with Gasteiger partial charge in [0.1, 0.15) is 0 Å². The summed E-state index contributed by atoms with van der Waals surface area (Å²) in [6, 6.07) is 9.40. The predicted octanol–water partition coefficient (Wildman–Crippen LogP) is 3.68. The van der Waals surface area contributed by atoms with Crippen LogP contribution >= 0.6 is 11.3 Å². The maximum Gasteiger partial charge on any atom is 0.283 e. The molecule has 2 heterocycles. The summed E-state index contributed by atoms with van der Waals surface area (Å²) >= 11 is 1.31. The van der Waals surface area contributed by atoms with Crippen LogP contribution in [-0.2, 0) is 0 Å². The number of aryl methyl sites for hydroxylation is 2. The SMILES string of the molecule is COc1cc2nc3sc(Nc4ccc(C)c(C)c4)nn3c(=O)c2cc1OC. The second kappa shape index (κ2) is 6.55. The van der Waals surface area contributed by atoms with Gasteiger partial charge in [-0.25, -0.2) is 4.98 Å². The van der Waals surface area contributed by atoms with Crippen LogP contribution in [0.15, 0.2) is 35.1 Å². The minimum absolute atomic E-state index is 0.250. The Morgan fingerprint density at radius 2 is 1.78 bits per heavy atom.